The van der Waals surface area contributed by atoms with Crippen LogP contribution >= 0.6 is 0 Å². The summed E-state index contributed by atoms with van der Waals surface area (Å²) in [5.74, 6) is -3.03. The lowest BCUT2D eigenvalue weighted by Crippen LogP contribution is -2.43. The predicted molar refractivity (Wildman–Crippen MR) is 158 cm³/mol. The van der Waals surface area contributed by atoms with Crippen molar-refractivity contribution in [2.75, 3.05) is 32.1 Å². The Morgan fingerprint density at radius 3 is 1.93 bits per heavy atom. The van der Waals surface area contributed by atoms with Gasteiger partial charge in [0, 0.05) is 25.2 Å². The third-order valence-electron chi connectivity index (χ3n) is 7.26. The summed E-state index contributed by atoms with van der Waals surface area (Å²) < 4.78 is 0. The molecule has 0 spiro atoms. The van der Waals surface area contributed by atoms with Crippen LogP contribution in [0.5, 0.6) is 0 Å². The van der Waals surface area contributed by atoms with Crippen molar-refractivity contribution in [2.45, 2.75) is 37.5 Å². The molecule has 1 aliphatic rings. The van der Waals surface area contributed by atoms with Crippen LogP contribution in [0.2, 0.25) is 0 Å². The molecule has 0 aromatic heterocycles. The van der Waals surface area contributed by atoms with E-state index in [1.807, 2.05) is 71.6 Å². The van der Waals surface area contributed by atoms with Crippen LogP contribution in [0.4, 0.5) is 5.69 Å². The van der Waals surface area contributed by atoms with Crippen LogP contribution in [0.1, 0.15) is 42.4 Å². The molecule has 3 aromatic rings. The van der Waals surface area contributed by atoms with Crippen molar-refractivity contribution >= 4 is 23.5 Å². The van der Waals surface area contributed by atoms with Gasteiger partial charge < -0.3 is 20.0 Å². The van der Waals surface area contributed by atoms with Gasteiger partial charge in [0.2, 0.25) is 5.91 Å². The van der Waals surface area contributed by atoms with E-state index >= 15 is 0 Å². The van der Waals surface area contributed by atoms with Crippen LogP contribution in [0, 0.1) is 17.2 Å². The molecule has 1 atom stereocenters. The van der Waals surface area contributed by atoms with Crippen molar-refractivity contribution < 1.29 is 24.6 Å². The number of anilines is 1. The number of amides is 1. The zero-order chi connectivity index (χ0) is 29.8. The number of fused-ring (bicyclic) bond motifs is 1. The van der Waals surface area contributed by atoms with E-state index in [1.165, 1.54) is 5.56 Å². The van der Waals surface area contributed by atoms with E-state index in [0.29, 0.717) is 18.8 Å². The summed E-state index contributed by atoms with van der Waals surface area (Å²) in [6.45, 7) is 1.74. The lowest BCUT2D eigenvalue weighted by atomic mass is 9.72. The second-order valence-electron chi connectivity index (χ2n) is 10.5. The molecule has 8 heteroatoms. The van der Waals surface area contributed by atoms with Crippen molar-refractivity contribution in [3.63, 3.8) is 0 Å². The quantitative estimate of drug-likeness (QED) is 0.282. The maximum absolute atomic E-state index is 13.4. The molecule has 0 aliphatic carbocycles. The number of unbranched alkanes of at least 4 members (excludes halogenated alkanes) is 1. The van der Waals surface area contributed by atoms with E-state index in [0.717, 1.165) is 49.2 Å². The van der Waals surface area contributed by atoms with Crippen LogP contribution in [0.3, 0.4) is 0 Å². The first-order chi connectivity index (χ1) is 19.7. The topological polar surface area (TPSA) is 122 Å². The monoisotopic (exact) mass is 555 g/mol. The van der Waals surface area contributed by atoms with Gasteiger partial charge in [0.25, 0.3) is 0 Å². The maximum atomic E-state index is 13.4. The summed E-state index contributed by atoms with van der Waals surface area (Å²) >= 11 is 0. The number of nitrogens with zero attached hydrogens (tertiary/aromatic N) is 3. The van der Waals surface area contributed by atoms with Gasteiger partial charge in [0.1, 0.15) is 5.41 Å². The summed E-state index contributed by atoms with van der Waals surface area (Å²) in [4.78, 5) is 35.8. The zero-order valence-corrected chi connectivity index (χ0v) is 23.6. The zero-order valence-electron chi connectivity index (χ0n) is 23.6. The van der Waals surface area contributed by atoms with Crippen molar-refractivity contribution in [3.05, 3.63) is 102 Å². The Balaban J connectivity index is 0.000000696. The Bertz CT molecular complexity index is 1300. The summed E-state index contributed by atoms with van der Waals surface area (Å²) in [6.07, 6.45) is 3.76. The molecule has 0 bridgehead atoms. The largest absolute Gasteiger partial charge is 0.473 e. The molecule has 0 radical (unpaired) electrons. The lowest BCUT2D eigenvalue weighted by molar-refractivity contribution is -0.159. The highest BCUT2D eigenvalue weighted by Gasteiger charge is 2.34. The molecular weight excluding hydrogens is 518 g/mol. The molecule has 3 aromatic carbocycles. The molecule has 214 valence electrons. The average Bonchev–Trinajstić information content (AvgIpc) is 2.98. The van der Waals surface area contributed by atoms with Crippen molar-refractivity contribution in [1.82, 2.24) is 4.90 Å². The maximum Gasteiger partial charge on any atom is 0.414 e. The van der Waals surface area contributed by atoms with Crippen LogP contribution in [0.25, 0.3) is 0 Å². The minimum Gasteiger partial charge on any atom is -0.473 e. The van der Waals surface area contributed by atoms with Crippen molar-refractivity contribution in [1.29, 1.82) is 5.26 Å². The third kappa shape index (κ3) is 8.26. The number of benzene rings is 3. The van der Waals surface area contributed by atoms with Gasteiger partial charge in [0.05, 0.1) is 6.07 Å². The van der Waals surface area contributed by atoms with Crippen LogP contribution in [0.15, 0.2) is 84.9 Å². The van der Waals surface area contributed by atoms with Gasteiger partial charge >= 0.3 is 11.9 Å². The number of hydrogen-bond acceptors (Lipinski definition) is 5. The number of carbonyl (C=O) groups is 3. The SMILES string of the molecule is CN(C)CC1Cc2ccccc2N(C(=O)CCCCC(C#N)(c2ccccc2)c2ccccc2)C1.O=C(O)C(=O)O. The highest BCUT2D eigenvalue weighted by atomic mass is 16.4. The molecular formula is C33H37N3O5. The van der Waals surface area contributed by atoms with E-state index in [9.17, 15) is 10.1 Å². The fraction of sp³-hybridized carbons (Fsp3) is 0.333. The fourth-order valence-electron chi connectivity index (χ4n) is 5.44. The Kier molecular flexibility index (Phi) is 11.2. The molecule has 1 aliphatic heterocycles. The second-order valence-corrected chi connectivity index (χ2v) is 10.5. The summed E-state index contributed by atoms with van der Waals surface area (Å²) in [5, 5.41) is 25.2. The van der Waals surface area contributed by atoms with Gasteiger partial charge in [-0.25, -0.2) is 9.59 Å². The van der Waals surface area contributed by atoms with Gasteiger partial charge in [-0.1, -0.05) is 85.3 Å². The molecule has 1 amide bonds. The fourth-order valence-corrected chi connectivity index (χ4v) is 5.44. The molecule has 41 heavy (non-hydrogen) atoms. The van der Waals surface area contributed by atoms with E-state index in [1.54, 1.807) is 0 Å². The minimum absolute atomic E-state index is 0.183. The molecule has 2 N–H and O–H groups in total. The normalized spacial score (nSPS) is 14.3. The van der Waals surface area contributed by atoms with Crippen LogP contribution in [-0.2, 0) is 26.2 Å². The number of carbonyl (C=O) groups excluding carboxylic acids is 1. The molecule has 4 rings (SSSR count). The highest BCUT2D eigenvalue weighted by Crippen LogP contribution is 2.37. The number of hydrogen-bond donors (Lipinski definition) is 2. The molecule has 1 unspecified atom stereocenters. The van der Waals surface area contributed by atoms with Crippen LogP contribution < -0.4 is 4.90 Å². The molecule has 8 nitrogen and oxygen atoms in total. The van der Waals surface area contributed by atoms with Crippen LogP contribution in [-0.4, -0.2) is 60.1 Å². The summed E-state index contributed by atoms with van der Waals surface area (Å²) in [5.41, 5.74) is 3.64. The van der Waals surface area contributed by atoms with Gasteiger partial charge in [-0.15, -0.1) is 0 Å². The Morgan fingerprint density at radius 1 is 0.878 bits per heavy atom. The van der Waals surface area contributed by atoms with E-state index in [4.69, 9.17) is 19.8 Å². The predicted octanol–water partition coefficient (Wildman–Crippen LogP) is 4.98. The number of carboxylic acid groups (broad SMARTS) is 2. The summed E-state index contributed by atoms with van der Waals surface area (Å²) in [6, 6.07) is 31.0. The van der Waals surface area contributed by atoms with E-state index < -0.39 is 17.4 Å². The van der Waals surface area contributed by atoms with Gasteiger partial charge in [-0.3, -0.25) is 4.79 Å². The number of aliphatic carboxylic acids is 2. The highest BCUT2D eigenvalue weighted by molar-refractivity contribution is 6.27. The number of nitriles is 1. The lowest BCUT2D eigenvalue weighted by Gasteiger charge is -2.36. The average molecular weight is 556 g/mol. The Morgan fingerprint density at radius 2 is 1.41 bits per heavy atom. The number of rotatable bonds is 9. The first-order valence-electron chi connectivity index (χ1n) is 13.7. The molecule has 0 saturated carbocycles. The summed E-state index contributed by atoms with van der Waals surface area (Å²) in [7, 11) is 4.18. The smallest absolute Gasteiger partial charge is 0.414 e. The first kappa shape index (κ1) is 31.1. The Labute approximate surface area is 241 Å². The van der Waals surface area contributed by atoms with Gasteiger partial charge in [-0.05, 0) is 62.0 Å². The van der Waals surface area contributed by atoms with Crippen molar-refractivity contribution in [2.24, 2.45) is 5.92 Å². The minimum atomic E-state index is -1.82. The van der Waals surface area contributed by atoms with Gasteiger partial charge in [-0.2, -0.15) is 5.26 Å². The van der Waals surface area contributed by atoms with Crippen molar-refractivity contribution in [3.8, 4) is 6.07 Å². The van der Waals surface area contributed by atoms with E-state index in [2.05, 4.69) is 43.3 Å². The second kappa shape index (κ2) is 14.8. The number of carboxylic acids is 2. The first-order valence-corrected chi connectivity index (χ1v) is 13.7. The molecule has 1 heterocycles. The molecule has 0 fully saturated rings. The van der Waals surface area contributed by atoms with E-state index in [-0.39, 0.29) is 5.91 Å². The standard InChI is InChI=1S/C31H35N3O.C2H2O4/c1-33(2)22-25-21-26-13-9-10-18-29(26)34(23-25)30(35)19-11-12-20-31(24-32,27-14-5-3-6-15-27)28-16-7-4-8-17-28;3-1(4)2(5)6/h3-10,13-18,25H,11-12,19-23H2,1-2H3;(H,3,4)(H,5,6). The number of para-hydroxylation sites is 1. The van der Waals surface area contributed by atoms with Gasteiger partial charge in [0.15, 0.2) is 0 Å². The molecule has 0 saturated heterocycles. The third-order valence-corrected chi connectivity index (χ3v) is 7.26. The Hall–Kier alpha value is -4.48.